The number of nitrogens with one attached hydrogen (secondary N) is 2. The Balaban J connectivity index is 1.35. The number of aryl methyl sites for hydroxylation is 3. The lowest BCUT2D eigenvalue weighted by atomic mass is 10.1. The first-order valence-corrected chi connectivity index (χ1v) is 9.39. The summed E-state index contributed by atoms with van der Waals surface area (Å²) in [5.41, 5.74) is 5.12. The monoisotopic (exact) mass is 387 g/mol. The highest BCUT2D eigenvalue weighted by molar-refractivity contribution is 5.90. The molecule has 0 bridgehead atoms. The predicted molar refractivity (Wildman–Crippen MR) is 110 cm³/mol. The number of rotatable bonds is 6. The summed E-state index contributed by atoms with van der Waals surface area (Å²) < 4.78 is 5.24. The van der Waals surface area contributed by atoms with Gasteiger partial charge in [0, 0.05) is 30.0 Å². The van der Waals surface area contributed by atoms with Crippen LogP contribution >= 0.6 is 0 Å². The number of anilines is 1. The van der Waals surface area contributed by atoms with Crippen molar-refractivity contribution in [3.05, 3.63) is 71.6 Å². The third-order valence-corrected chi connectivity index (χ3v) is 4.44. The Bertz CT molecular complexity index is 1110. The Labute approximate surface area is 168 Å². The second kappa shape index (κ2) is 8.10. The van der Waals surface area contributed by atoms with Gasteiger partial charge in [0.2, 0.25) is 17.6 Å². The van der Waals surface area contributed by atoms with Crippen molar-refractivity contribution in [2.24, 2.45) is 0 Å². The van der Waals surface area contributed by atoms with E-state index in [2.05, 4.69) is 57.7 Å². The van der Waals surface area contributed by atoms with Gasteiger partial charge in [0.15, 0.2) is 5.82 Å². The lowest BCUT2D eigenvalue weighted by Gasteiger charge is -2.02. The van der Waals surface area contributed by atoms with Crippen LogP contribution in [-0.4, -0.2) is 26.2 Å². The van der Waals surface area contributed by atoms with E-state index in [0.717, 1.165) is 16.8 Å². The normalized spacial score (nSPS) is 10.8. The van der Waals surface area contributed by atoms with Crippen LogP contribution in [0.4, 0.5) is 5.82 Å². The number of nitrogens with zero attached hydrogens (tertiary/aromatic N) is 3. The molecule has 2 N–H and O–H groups in total. The molecule has 2 heterocycles. The largest absolute Gasteiger partial charge is 0.339 e. The number of carbonyl (C=O) groups is 1. The van der Waals surface area contributed by atoms with E-state index in [1.807, 2.05) is 36.4 Å². The van der Waals surface area contributed by atoms with Crippen LogP contribution in [0.15, 0.2) is 59.1 Å². The van der Waals surface area contributed by atoms with E-state index >= 15 is 0 Å². The Morgan fingerprint density at radius 1 is 1.03 bits per heavy atom. The zero-order chi connectivity index (χ0) is 20.2. The van der Waals surface area contributed by atoms with Crippen LogP contribution in [0.3, 0.4) is 0 Å². The predicted octanol–water partition coefficient (Wildman–Crippen LogP) is 4.31. The number of aromatic nitrogens is 4. The summed E-state index contributed by atoms with van der Waals surface area (Å²) in [5, 5.41) is 13.9. The second-order valence-electron chi connectivity index (χ2n) is 6.97. The first kappa shape index (κ1) is 18.6. The summed E-state index contributed by atoms with van der Waals surface area (Å²) in [7, 11) is 0. The van der Waals surface area contributed by atoms with Crippen molar-refractivity contribution < 1.29 is 9.32 Å². The zero-order valence-corrected chi connectivity index (χ0v) is 16.3. The van der Waals surface area contributed by atoms with E-state index in [4.69, 9.17) is 4.52 Å². The Morgan fingerprint density at radius 2 is 1.79 bits per heavy atom. The van der Waals surface area contributed by atoms with Crippen LogP contribution in [0.1, 0.15) is 23.4 Å². The van der Waals surface area contributed by atoms with Gasteiger partial charge in [-0.25, -0.2) is 0 Å². The SMILES string of the molecule is Cc1cc(C)cc(-c2cc(NC(=O)CCc3nc(-c4ccccc4)no3)n[nH]2)c1. The summed E-state index contributed by atoms with van der Waals surface area (Å²) in [6, 6.07) is 17.7. The summed E-state index contributed by atoms with van der Waals surface area (Å²) in [6.07, 6.45) is 0.586. The summed E-state index contributed by atoms with van der Waals surface area (Å²) in [6.45, 7) is 4.10. The van der Waals surface area contributed by atoms with Crippen molar-refractivity contribution >= 4 is 11.7 Å². The van der Waals surface area contributed by atoms with E-state index in [1.54, 1.807) is 0 Å². The number of H-pyrrole nitrogens is 1. The molecule has 29 heavy (non-hydrogen) atoms. The third kappa shape index (κ3) is 4.57. The van der Waals surface area contributed by atoms with Crippen LogP contribution < -0.4 is 5.32 Å². The third-order valence-electron chi connectivity index (χ3n) is 4.44. The van der Waals surface area contributed by atoms with Crippen molar-refractivity contribution in [1.82, 2.24) is 20.3 Å². The molecule has 0 unspecified atom stereocenters. The number of amides is 1. The number of hydrogen-bond acceptors (Lipinski definition) is 5. The molecule has 0 aliphatic heterocycles. The minimum Gasteiger partial charge on any atom is -0.339 e. The standard InChI is InChI=1S/C22H21N5O2/c1-14-10-15(2)12-17(11-14)18-13-19(26-25-18)23-20(28)8-9-21-24-22(27-29-21)16-6-4-3-5-7-16/h3-7,10-13H,8-9H2,1-2H3,(H2,23,25,26,28). The lowest BCUT2D eigenvalue weighted by molar-refractivity contribution is -0.116. The summed E-state index contributed by atoms with van der Waals surface area (Å²) in [5.74, 6) is 1.27. The van der Waals surface area contributed by atoms with Gasteiger partial charge in [0.1, 0.15) is 0 Å². The molecule has 0 fully saturated rings. The lowest BCUT2D eigenvalue weighted by Crippen LogP contribution is -2.12. The average molecular weight is 387 g/mol. The number of carbonyl (C=O) groups excluding carboxylic acids is 1. The molecule has 0 saturated carbocycles. The second-order valence-corrected chi connectivity index (χ2v) is 6.97. The van der Waals surface area contributed by atoms with Gasteiger partial charge in [-0.1, -0.05) is 52.7 Å². The van der Waals surface area contributed by atoms with E-state index < -0.39 is 0 Å². The fourth-order valence-electron chi connectivity index (χ4n) is 3.15. The van der Waals surface area contributed by atoms with Gasteiger partial charge in [0.25, 0.3) is 0 Å². The molecule has 0 aliphatic rings. The van der Waals surface area contributed by atoms with Gasteiger partial charge in [0.05, 0.1) is 5.69 Å². The van der Waals surface area contributed by atoms with Crippen LogP contribution in [-0.2, 0) is 11.2 Å². The maximum atomic E-state index is 12.3. The fourth-order valence-corrected chi connectivity index (χ4v) is 3.15. The van der Waals surface area contributed by atoms with Crippen molar-refractivity contribution in [3.8, 4) is 22.6 Å². The van der Waals surface area contributed by atoms with Crippen LogP contribution in [0.5, 0.6) is 0 Å². The van der Waals surface area contributed by atoms with Crippen LogP contribution in [0.2, 0.25) is 0 Å². The van der Waals surface area contributed by atoms with E-state index in [1.165, 1.54) is 11.1 Å². The molecule has 4 aromatic rings. The van der Waals surface area contributed by atoms with E-state index in [0.29, 0.717) is 24.0 Å². The molecule has 7 heteroatoms. The van der Waals surface area contributed by atoms with E-state index in [9.17, 15) is 4.79 Å². The number of aromatic amines is 1. The van der Waals surface area contributed by atoms with Crippen molar-refractivity contribution in [1.29, 1.82) is 0 Å². The molecule has 2 aromatic carbocycles. The molecule has 0 radical (unpaired) electrons. The van der Waals surface area contributed by atoms with Gasteiger partial charge in [-0.2, -0.15) is 10.1 Å². The fraction of sp³-hybridized carbons (Fsp3) is 0.182. The molecule has 146 valence electrons. The average Bonchev–Trinajstić information content (AvgIpc) is 3.36. The van der Waals surface area contributed by atoms with Crippen molar-refractivity contribution in [2.45, 2.75) is 26.7 Å². The molecular weight excluding hydrogens is 366 g/mol. The quantitative estimate of drug-likeness (QED) is 0.514. The number of benzene rings is 2. The zero-order valence-electron chi connectivity index (χ0n) is 16.3. The highest BCUT2D eigenvalue weighted by atomic mass is 16.5. The summed E-state index contributed by atoms with van der Waals surface area (Å²) >= 11 is 0. The van der Waals surface area contributed by atoms with Crippen LogP contribution in [0.25, 0.3) is 22.6 Å². The molecule has 0 saturated heterocycles. The van der Waals surface area contributed by atoms with E-state index in [-0.39, 0.29) is 12.3 Å². The smallest absolute Gasteiger partial charge is 0.227 e. The van der Waals surface area contributed by atoms with Crippen molar-refractivity contribution in [2.75, 3.05) is 5.32 Å². The molecule has 0 aliphatic carbocycles. The molecule has 4 rings (SSSR count). The topological polar surface area (TPSA) is 96.7 Å². The van der Waals surface area contributed by atoms with Gasteiger partial charge >= 0.3 is 0 Å². The first-order valence-electron chi connectivity index (χ1n) is 9.39. The maximum Gasteiger partial charge on any atom is 0.227 e. The minimum absolute atomic E-state index is 0.164. The first-order chi connectivity index (χ1) is 14.1. The maximum absolute atomic E-state index is 12.3. The van der Waals surface area contributed by atoms with Crippen LogP contribution in [0, 0.1) is 13.8 Å². The Kier molecular flexibility index (Phi) is 5.20. The molecule has 0 spiro atoms. The molecule has 0 atom stereocenters. The highest BCUT2D eigenvalue weighted by Gasteiger charge is 2.12. The minimum atomic E-state index is -0.164. The Morgan fingerprint density at radius 3 is 2.55 bits per heavy atom. The number of hydrogen-bond donors (Lipinski definition) is 2. The van der Waals surface area contributed by atoms with Gasteiger partial charge in [-0.05, 0) is 26.0 Å². The molecule has 1 amide bonds. The molecular formula is C22H21N5O2. The van der Waals surface area contributed by atoms with Gasteiger partial charge in [-0.15, -0.1) is 0 Å². The Hall–Kier alpha value is -3.74. The highest BCUT2D eigenvalue weighted by Crippen LogP contribution is 2.22. The molecule has 7 nitrogen and oxygen atoms in total. The van der Waals surface area contributed by atoms with Crippen molar-refractivity contribution in [3.63, 3.8) is 0 Å². The van der Waals surface area contributed by atoms with Gasteiger partial charge in [-0.3, -0.25) is 9.89 Å². The molecule has 2 aromatic heterocycles. The van der Waals surface area contributed by atoms with Gasteiger partial charge < -0.3 is 9.84 Å². The summed E-state index contributed by atoms with van der Waals surface area (Å²) in [4.78, 5) is 16.6.